The Morgan fingerprint density at radius 1 is 1.00 bits per heavy atom. The van der Waals surface area contributed by atoms with Crippen LogP contribution in [0.15, 0.2) is 84.9 Å². The lowest BCUT2D eigenvalue weighted by molar-refractivity contribution is -0.122. The van der Waals surface area contributed by atoms with E-state index >= 15 is 0 Å². The van der Waals surface area contributed by atoms with Crippen LogP contribution >= 0.6 is 0 Å². The van der Waals surface area contributed by atoms with Gasteiger partial charge in [-0.05, 0) is 62.4 Å². The lowest BCUT2D eigenvalue weighted by atomic mass is 10.1. The number of amides is 1. The summed E-state index contributed by atoms with van der Waals surface area (Å²) in [5.41, 5.74) is 2.25. The minimum absolute atomic E-state index is 0.0884. The van der Waals surface area contributed by atoms with Crippen LogP contribution in [-0.4, -0.2) is 34.4 Å². The first-order valence-electron chi connectivity index (χ1n) is 11.1. The second-order valence-electron chi connectivity index (χ2n) is 7.67. The summed E-state index contributed by atoms with van der Waals surface area (Å²) in [5, 5.41) is 7.20. The van der Waals surface area contributed by atoms with E-state index in [2.05, 4.69) is 10.4 Å². The molecular formula is C27H24FN3O4. The van der Waals surface area contributed by atoms with Crippen LogP contribution in [0, 0.1) is 5.82 Å². The number of benzene rings is 3. The summed E-state index contributed by atoms with van der Waals surface area (Å²) in [6, 6.07) is 23.6. The van der Waals surface area contributed by atoms with Crippen LogP contribution < -0.4 is 10.1 Å². The Kier molecular flexibility index (Phi) is 7.21. The smallest absolute Gasteiger partial charge is 0.358 e. The fourth-order valence-electron chi connectivity index (χ4n) is 3.45. The van der Waals surface area contributed by atoms with Crippen molar-refractivity contribution in [1.29, 1.82) is 0 Å². The molecule has 35 heavy (non-hydrogen) atoms. The highest BCUT2D eigenvalue weighted by atomic mass is 19.1. The molecule has 1 heterocycles. The second kappa shape index (κ2) is 10.6. The van der Waals surface area contributed by atoms with Crippen molar-refractivity contribution in [2.45, 2.75) is 20.0 Å². The van der Waals surface area contributed by atoms with Gasteiger partial charge in [-0.25, -0.2) is 13.9 Å². The average molecular weight is 474 g/mol. The number of hydrogen-bond acceptors (Lipinski definition) is 5. The van der Waals surface area contributed by atoms with Crippen LogP contribution in [0.1, 0.15) is 24.3 Å². The largest absolute Gasteiger partial charge is 0.481 e. The molecule has 178 valence electrons. The van der Waals surface area contributed by atoms with Gasteiger partial charge in [0.15, 0.2) is 11.8 Å². The van der Waals surface area contributed by atoms with Crippen molar-refractivity contribution < 1.29 is 23.5 Å². The Bertz CT molecular complexity index is 1340. The number of nitrogens with zero attached hydrogens (tertiary/aromatic N) is 2. The molecule has 0 aliphatic heterocycles. The Morgan fingerprint density at radius 2 is 1.77 bits per heavy atom. The molecule has 4 rings (SSSR count). The van der Waals surface area contributed by atoms with E-state index in [1.165, 1.54) is 16.8 Å². The van der Waals surface area contributed by atoms with Crippen LogP contribution in [0.4, 0.5) is 10.1 Å². The summed E-state index contributed by atoms with van der Waals surface area (Å²) >= 11 is 0. The van der Waals surface area contributed by atoms with Crippen molar-refractivity contribution in [3.63, 3.8) is 0 Å². The van der Waals surface area contributed by atoms with E-state index in [1.807, 2.05) is 18.2 Å². The Balaban J connectivity index is 1.62. The number of halogens is 1. The molecule has 0 aliphatic carbocycles. The normalized spacial score (nSPS) is 11.5. The standard InChI is InChI=1S/C27H24FN3O4/c1-3-34-27(33)24-17-25(31(30-24)22-12-8-10-20(28)16-22)19-9-7-11-21(15-19)29-26(32)18(2)35-23-13-5-4-6-14-23/h4-18H,3H2,1-2H3,(H,29,32). The fraction of sp³-hybridized carbons (Fsp3) is 0.148. The molecule has 0 spiro atoms. The Labute approximate surface area is 202 Å². The zero-order valence-corrected chi connectivity index (χ0v) is 19.3. The number of anilines is 1. The first-order valence-corrected chi connectivity index (χ1v) is 11.1. The van der Waals surface area contributed by atoms with Gasteiger partial charge >= 0.3 is 5.97 Å². The van der Waals surface area contributed by atoms with Crippen LogP contribution in [0.2, 0.25) is 0 Å². The molecule has 1 amide bonds. The minimum Gasteiger partial charge on any atom is -0.481 e. The molecule has 3 aromatic carbocycles. The van der Waals surface area contributed by atoms with E-state index in [0.29, 0.717) is 28.4 Å². The lowest BCUT2D eigenvalue weighted by Gasteiger charge is -2.15. The maximum Gasteiger partial charge on any atom is 0.358 e. The molecule has 4 aromatic rings. The van der Waals surface area contributed by atoms with E-state index in [1.54, 1.807) is 68.4 Å². The molecule has 1 unspecified atom stereocenters. The van der Waals surface area contributed by atoms with E-state index in [-0.39, 0.29) is 18.2 Å². The number of ether oxygens (including phenoxy) is 2. The SMILES string of the molecule is CCOC(=O)c1cc(-c2cccc(NC(=O)C(C)Oc3ccccc3)c2)n(-c2cccc(F)c2)n1. The molecule has 1 atom stereocenters. The summed E-state index contributed by atoms with van der Waals surface area (Å²) < 4.78 is 26.2. The lowest BCUT2D eigenvalue weighted by Crippen LogP contribution is -2.30. The quantitative estimate of drug-likeness (QED) is 0.353. The molecular weight excluding hydrogens is 449 g/mol. The zero-order valence-electron chi connectivity index (χ0n) is 19.3. The predicted octanol–water partition coefficient (Wildman–Crippen LogP) is 5.26. The summed E-state index contributed by atoms with van der Waals surface area (Å²) in [6.45, 7) is 3.57. The third kappa shape index (κ3) is 5.73. The Hall–Kier alpha value is -4.46. The van der Waals surface area contributed by atoms with Gasteiger partial charge in [0.05, 0.1) is 18.0 Å². The molecule has 0 radical (unpaired) electrons. The van der Waals surface area contributed by atoms with E-state index in [9.17, 15) is 14.0 Å². The molecule has 7 nitrogen and oxygen atoms in total. The molecule has 0 saturated carbocycles. The van der Waals surface area contributed by atoms with Gasteiger partial charge in [-0.15, -0.1) is 0 Å². The third-order valence-corrected chi connectivity index (χ3v) is 5.10. The number of para-hydroxylation sites is 1. The first kappa shape index (κ1) is 23.7. The van der Waals surface area contributed by atoms with Crippen LogP contribution in [0.5, 0.6) is 5.75 Å². The fourth-order valence-corrected chi connectivity index (χ4v) is 3.45. The number of nitrogens with one attached hydrogen (secondary N) is 1. The third-order valence-electron chi connectivity index (χ3n) is 5.10. The van der Waals surface area contributed by atoms with E-state index in [4.69, 9.17) is 9.47 Å². The van der Waals surface area contributed by atoms with E-state index < -0.39 is 17.9 Å². The molecule has 0 aliphatic rings. The molecule has 1 N–H and O–H groups in total. The van der Waals surface area contributed by atoms with Crippen LogP contribution in [-0.2, 0) is 9.53 Å². The molecule has 1 aromatic heterocycles. The maximum atomic E-state index is 13.9. The van der Waals surface area contributed by atoms with E-state index in [0.717, 1.165) is 0 Å². The summed E-state index contributed by atoms with van der Waals surface area (Å²) in [7, 11) is 0. The maximum absolute atomic E-state index is 13.9. The van der Waals surface area contributed by atoms with Gasteiger partial charge in [0.2, 0.25) is 0 Å². The average Bonchev–Trinajstić information content (AvgIpc) is 3.31. The topological polar surface area (TPSA) is 82.5 Å². The highest BCUT2D eigenvalue weighted by molar-refractivity contribution is 5.95. The highest BCUT2D eigenvalue weighted by Crippen LogP contribution is 2.27. The predicted molar refractivity (Wildman–Crippen MR) is 130 cm³/mol. The van der Waals surface area contributed by atoms with Gasteiger partial charge in [-0.2, -0.15) is 5.10 Å². The number of hydrogen-bond donors (Lipinski definition) is 1. The summed E-state index contributed by atoms with van der Waals surface area (Å²) in [4.78, 5) is 25.0. The minimum atomic E-state index is -0.728. The Morgan fingerprint density at radius 3 is 2.51 bits per heavy atom. The molecule has 8 heteroatoms. The van der Waals surface area contributed by atoms with Crippen molar-refractivity contribution in [2.24, 2.45) is 0 Å². The molecule has 0 fully saturated rings. The number of esters is 1. The van der Waals surface area contributed by atoms with Crippen LogP contribution in [0.25, 0.3) is 16.9 Å². The summed E-state index contributed by atoms with van der Waals surface area (Å²) in [6.07, 6.45) is -0.728. The van der Waals surface area contributed by atoms with Gasteiger partial charge in [-0.3, -0.25) is 4.79 Å². The van der Waals surface area contributed by atoms with Gasteiger partial charge in [0, 0.05) is 11.3 Å². The van der Waals surface area contributed by atoms with Gasteiger partial charge in [0.1, 0.15) is 11.6 Å². The van der Waals surface area contributed by atoms with Gasteiger partial charge in [0.25, 0.3) is 5.91 Å². The van der Waals surface area contributed by atoms with Gasteiger partial charge in [-0.1, -0.05) is 36.4 Å². The number of carbonyl (C=O) groups is 2. The second-order valence-corrected chi connectivity index (χ2v) is 7.67. The van der Waals surface area contributed by atoms with Crippen molar-refractivity contribution in [3.8, 4) is 22.7 Å². The zero-order chi connectivity index (χ0) is 24.8. The van der Waals surface area contributed by atoms with Crippen molar-refractivity contribution in [3.05, 3.63) is 96.4 Å². The monoisotopic (exact) mass is 473 g/mol. The number of carbonyl (C=O) groups excluding carboxylic acids is 2. The van der Waals surface area contributed by atoms with Crippen molar-refractivity contribution >= 4 is 17.6 Å². The van der Waals surface area contributed by atoms with Crippen LogP contribution in [0.3, 0.4) is 0 Å². The summed E-state index contributed by atoms with van der Waals surface area (Å²) in [5.74, 6) is -0.749. The van der Waals surface area contributed by atoms with Crippen molar-refractivity contribution in [2.75, 3.05) is 11.9 Å². The molecule has 0 saturated heterocycles. The molecule has 0 bridgehead atoms. The number of aromatic nitrogens is 2. The first-order chi connectivity index (χ1) is 16.9. The van der Waals surface area contributed by atoms with Gasteiger partial charge < -0.3 is 14.8 Å². The highest BCUT2D eigenvalue weighted by Gasteiger charge is 2.19. The van der Waals surface area contributed by atoms with Crippen molar-refractivity contribution in [1.82, 2.24) is 9.78 Å². The number of rotatable bonds is 8.